The molecular weight excluding hydrogens is 278 g/mol. The molecule has 0 unspecified atom stereocenters. The topological polar surface area (TPSA) is 63.6 Å². The van der Waals surface area contributed by atoms with Crippen molar-refractivity contribution in [1.82, 2.24) is 25.5 Å². The summed E-state index contributed by atoms with van der Waals surface area (Å²) in [6, 6.07) is 0. The van der Waals surface area contributed by atoms with E-state index in [0.717, 1.165) is 21.5 Å². The third-order valence-corrected chi connectivity index (χ3v) is 3.97. The number of hydrogen-bond donors (Lipinski definition) is 1. The lowest BCUT2D eigenvalue weighted by molar-refractivity contribution is 0.423. The van der Waals surface area contributed by atoms with Crippen LogP contribution in [-0.4, -0.2) is 25.7 Å². The van der Waals surface area contributed by atoms with Gasteiger partial charge in [-0.25, -0.2) is 9.97 Å². The summed E-state index contributed by atoms with van der Waals surface area (Å²) in [7, 11) is 0. The average molecular weight is 295 g/mol. The van der Waals surface area contributed by atoms with Crippen molar-refractivity contribution in [3.05, 3.63) is 23.0 Å². The molecule has 2 rings (SSSR count). The van der Waals surface area contributed by atoms with Crippen LogP contribution in [0, 0.1) is 6.92 Å². The molecule has 1 N–H and O–H groups in total. The summed E-state index contributed by atoms with van der Waals surface area (Å²) in [5, 5.41) is 13.1. The zero-order valence-electron chi connectivity index (χ0n) is 11.5. The maximum Gasteiger partial charge on any atom is 0.194 e. The first-order valence-electron chi connectivity index (χ1n) is 5.96. The lowest BCUT2D eigenvalue weighted by Gasteiger charge is -2.20. The molecule has 0 radical (unpaired) electrons. The summed E-state index contributed by atoms with van der Waals surface area (Å²) >= 11 is 2.99. The Balaban J connectivity index is 1.95. The molecule has 7 heteroatoms. The quantitative estimate of drug-likeness (QED) is 0.875. The van der Waals surface area contributed by atoms with Gasteiger partial charge in [-0.1, -0.05) is 11.3 Å². The lowest BCUT2D eigenvalue weighted by atomic mass is 10.1. The van der Waals surface area contributed by atoms with E-state index >= 15 is 0 Å². The van der Waals surface area contributed by atoms with Gasteiger partial charge in [0.2, 0.25) is 0 Å². The van der Waals surface area contributed by atoms with Crippen LogP contribution in [-0.2, 0) is 6.54 Å². The molecule has 0 bridgehead atoms. The largest absolute Gasteiger partial charge is 0.308 e. The summed E-state index contributed by atoms with van der Waals surface area (Å²) in [5.74, 6) is 0. The van der Waals surface area contributed by atoms with E-state index in [9.17, 15) is 0 Å². The lowest BCUT2D eigenvalue weighted by Crippen LogP contribution is -2.35. The molecule has 2 aromatic heterocycles. The Morgan fingerprint density at radius 1 is 1.21 bits per heavy atom. The molecule has 0 aliphatic heterocycles. The predicted molar refractivity (Wildman–Crippen MR) is 77.4 cm³/mol. The summed E-state index contributed by atoms with van der Waals surface area (Å²) < 4.78 is 0.873. The van der Waals surface area contributed by atoms with Crippen LogP contribution in [0.5, 0.6) is 0 Å². The van der Waals surface area contributed by atoms with Crippen molar-refractivity contribution in [2.45, 2.75) is 49.3 Å². The second kappa shape index (κ2) is 5.94. The van der Waals surface area contributed by atoms with Crippen molar-refractivity contribution in [2.24, 2.45) is 0 Å². The second-order valence-electron chi connectivity index (χ2n) is 5.17. The number of nitrogens with zero attached hydrogens (tertiary/aromatic N) is 4. The van der Waals surface area contributed by atoms with Crippen LogP contribution in [0.3, 0.4) is 0 Å². The van der Waals surface area contributed by atoms with Crippen molar-refractivity contribution in [2.75, 3.05) is 0 Å². The van der Waals surface area contributed by atoms with Crippen molar-refractivity contribution >= 4 is 23.1 Å². The molecular formula is C12H17N5S2. The molecule has 0 saturated heterocycles. The van der Waals surface area contributed by atoms with Crippen molar-refractivity contribution < 1.29 is 0 Å². The van der Waals surface area contributed by atoms with E-state index in [1.54, 1.807) is 11.3 Å². The van der Waals surface area contributed by atoms with Gasteiger partial charge in [-0.15, -0.1) is 10.2 Å². The number of aryl methyl sites for hydroxylation is 1. The van der Waals surface area contributed by atoms with Gasteiger partial charge >= 0.3 is 0 Å². The van der Waals surface area contributed by atoms with E-state index in [-0.39, 0.29) is 5.54 Å². The molecule has 0 spiro atoms. The molecule has 0 fully saturated rings. The highest BCUT2D eigenvalue weighted by Gasteiger charge is 2.09. The molecule has 102 valence electrons. The normalized spacial score (nSPS) is 11.8. The molecule has 0 aromatic carbocycles. The van der Waals surface area contributed by atoms with Gasteiger partial charge in [-0.05, 0) is 39.5 Å². The van der Waals surface area contributed by atoms with Gasteiger partial charge in [0.1, 0.15) is 5.01 Å². The highest BCUT2D eigenvalue weighted by Crippen LogP contribution is 2.26. The average Bonchev–Trinajstić information content (AvgIpc) is 2.73. The molecule has 0 atom stereocenters. The van der Waals surface area contributed by atoms with E-state index in [2.05, 4.69) is 46.3 Å². The maximum absolute atomic E-state index is 4.33. The SMILES string of the molecule is Cc1nnc(Sc2ncc(CNC(C)(C)C)cn2)s1. The Labute approximate surface area is 121 Å². The molecule has 0 amide bonds. The minimum absolute atomic E-state index is 0.0947. The van der Waals surface area contributed by atoms with E-state index in [1.165, 1.54) is 11.8 Å². The first-order valence-corrected chi connectivity index (χ1v) is 7.59. The summed E-state index contributed by atoms with van der Waals surface area (Å²) in [6.45, 7) is 9.11. The van der Waals surface area contributed by atoms with Gasteiger partial charge in [0.05, 0.1) is 0 Å². The molecule has 5 nitrogen and oxygen atoms in total. The molecule has 0 saturated carbocycles. The Bertz CT molecular complexity index is 530. The Morgan fingerprint density at radius 3 is 2.42 bits per heavy atom. The zero-order chi connectivity index (χ0) is 13.9. The standard InChI is InChI=1S/C12H17N5S2/c1-8-16-17-11(18-8)19-10-13-5-9(6-14-10)7-15-12(2,3)4/h5-6,15H,7H2,1-4H3. The summed E-state index contributed by atoms with van der Waals surface area (Å²) in [6.07, 6.45) is 3.70. The smallest absolute Gasteiger partial charge is 0.194 e. The maximum atomic E-state index is 4.33. The van der Waals surface area contributed by atoms with Crippen LogP contribution in [0.4, 0.5) is 0 Å². The first-order chi connectivity index (χ1) is 8.92. The third kappa shape index (κ3) is 4.85. The Morgan fingerprint density at radius 2 is 1.89 bits per heavy atom. The van der Waals surface area contributed by atoms with E-state index in [1.807, 2.05) is 19.3 Å². The summed E-state index contributed by atoms with van der Waals surface area (Å²) in [5.41, 5.74) is 1.17. The van der Waals surface area contributed by atoms with Gasteiger partial charge < -0.3 is 5.32 Å². The second-order valence-corrected chi connectivity index (χ2v) is 7.56. The van der Waals surface area contributed by atoms with Crippen LogP contribution in [0.1, 0.15) is 31.3 Å². The van der Waals surface area contributed by atoms with Crippen LogP contribution >= 0.6 is 23.1 Å². The monoisotopic (exact) mass is 295 g/mol. The van der Waals surface area contributed by atoms with Crippen molar-refractivity contribution in [3.63, 3.8) is 0 Å². The minimum atomic E-state index is 0.0947. The molecule has 0 aliphatic rings. The highest BCUT2D eigenvalue weighted by molar-refractivity contribution is 8.00. The fraction of sp³-hybridized carbons (Fsp3) is 0.500. The van der Waals surface area contributed by atoms with Crippen molar-refractivity contribution in [3.8, 4) is 0 Å². The van der Waals surface area contributed by atoms with E-state index in [4.69, 9.17) is 0 Å². The number of hydrogen-bond acceptors (Lipinski definition) is 7. The van der Waals surface area contributed by atoms with Gasteiger partial charge in [-0.2, -0.15) is 0 Å². The van der Waals surface area contributed by atoms with Gasteiger partial charge in [0, 0.05) is 30.0 Å². The Hall–Kier alpha value is -1.05. The number of aromatic nitrogens is 4. The molecule has 19 heavy (non-hydrogen) atoms. The fourth-order valence-corrected chi connectivity index (χ4v) is 2.87. The predicted octanol–water partition coefficient (Wildman–Crippen LogP) is 2.68. The number of rotatable bonds is 4. The van der Waals surface area contributed by atoms with Crippen LogP contribution in [0.2, 0.25) is 0 Å². The minimum Gasteiger partial charge on any atom is -0.308 e. The molecule has 2 aromatic rings. The van der Waals surface area contributed by atoms with Gasteiger partial charge in [-0.3, -0.25) is 0 Å². The van der Waals surface area contributed by atoms with E-state index < -0.39 is 0 Å². The van der Waals surface area contributed by atoms with E-state index in [0.29, 0.717) is 5.16 Å². The van der Waals surface area contributed by atoms with Crippen LogP contribution < -0.4 is 5.32 Å². The van der Waals surface area contributed by atoms with Gasteiger partial charge in [0.15, 0.2) is 9.50 Å². The fourth-order valence-electron chi connectivity index (χ4n) is 1.25. The number of nitrogens with one attached hydrogen (secondary N) is 1. The highest BCUT2D eigenvalue weighted by atomic mass is 32.2. The zero-order valence-corrected chi connectivity index (χ0v) is 13.1. The van der Waals surface area contributed by atoms with Gasteiger partial charge in [0.25, 0.3) is 0 Å². The summed E-state index contributed by atoms with van der Waals surface area (Å²) in [4.78, 5) is 8.67. The Kier molecular flexibility index (Phi) is 4.49. The van der Waals surface area contributed by atoms with Crippen molar-refractivity contribution in [1.29, 1.82) is 0 Å². The van der Waals surface area contributed by atoms with Crippen LogP contribution in [0.25, 0.3) is 0 Å². The third-order valence-electron chi connectivity index (χ3n) is 2.19. The first kappa shape index (κ1) is 14.4. The molecule has 2 heterocycles. The molecule has 0 aliphatic carbocycles. The van der Waals surface area contributed by atoms with Crippen LogP contribution in [0.15, 0.2) is 21.9 Å².